The number of amides is 1. The maximum atomic E-state index is 12.0. The number of nitrogens with one attached hydrogen (secondary N) is 1. The lowest BCUT2D eigenvalue weighted by Crippen LogP contribution is -2.44. The summed E-state index contributed by atoms with van der Waals surface area (Å²) in [6.07, 6.45) is -0.309. The Hall–Kier alpha value is -2.83. The molecule has 24 heavy (non-hydrogen) atoms. The molecule has 2 unspecified atom stereocenters. The molecule has 2 aromatic rings. The lowest BCUT2D eigenvalue weighted by molar-refractivity contribution is -0.145. The van der Waals surface area contributed by atoms with Gasteiger partial charge in [-0.25, -0.2) is 4.79 Å². The normalized spacial score (nSPS) is 21.0. The van der Waals surface area contributed by atoms with Gasteiger partial charge in [-0.2, -0.15) is 0 Å². The number of nitrogens with zero attached hydrogens (tertiary/aromatic N) is 1. The number of pyridine rings is 1. The summed E-state index contributed by atoms with van der Waals surface area (Å²) in [6.45, 7) is 2.14. The molecule has 1 amide bonds. The molecule has 1 aliphatic rings. The summed E-state index contributed by atoms with van der Waals surface area (Å²) in [6, 6.07) is 5.88. The molecule has 126 valence electrons. The third-order valence-electron chi connectivity index (χ3n) is 4.54. The topological polar surface area (TPSA) is 111 Å². The lowest BCUT2D eigenvalue weighted by atomic mass is 9.83. The largest absolute Gasteiger partial charge is 0.481 e. The summed E-state index contributed by atoms with van der Waals surface area (Å²) >= 11 is 0. The number of fused-ring (bicyclic) bond motifs is 1. The number of carboxylic acids is 1. The van der Waals surface area contributed by atoms with Crippen molar-refractivity contribution in [2.75, 3.05) is 6.54 Å². The fourth-order valence-corrected chi connectivity index (χ4v) is 3.49. The van der Waals surface area contributed by atoms with Gasteiger partial charge in [0.15, 0.2) is 0 Å². The van der Waals surface area contributed by atoms with Crippen molar-refractivity contribution in [3.05, 3.63) is 45.7 Å². The summed E-state index contributed by atoms with van der Waals surface area (Å²) in [7, 11) is 0. The smallest absolute Gasteiger partial charge is 0.407 e. The van der Waals surface area contributed by atoms with Gasteiger partial charge in [0.1, 0.15) is 0 Å². The number of carbonyl (C=O) groups is 2. The van der Waals surface area contributed by atoms with Crippen LogP contribution in [-0.4, -0.2) is 38.7 Å². The van der Waals surface area contributed by atoms with E-state index in [0.29, 0.717) is 29.3 Å². The van der Waals surface area contributed by atoms with Gasteiger partial charge in [0.2, 0.25) is 5.56 Å². The van der Waals surface area contributed by atoms with Crippen LogP contribution in [0.1, 0.15) is 30.0 Å². The number of carboxylic acid groups (broad SMARTS) is 2. The molecule has 0 bridgehead atoms. The van der Waals surface area contributed by atoms with Crippen molar-refractivity contribution < 1.29 is 19.8 Å². The number of benzene rings is 1. The summed E-state index contributed by atoms with van der Waals surface area (Å²) < 4.78 is 0. The number of aliphatic carboxylic acids is 1. The highest BCUT2D eigenvalue weighted by Gasteiger charge is 2.40. The first-order valence-corrected chi connectivity index (χ1v) is 7.74. The first-order chi connectivity index (χ1) is 11.4. The molecule has 0 spiro atoms. The van der Waals surface area contributed by atoms with Crippen LogP contribution in [0.25, 0.3) is 10.9 Å². The average molecular weight is 330 g/mol. The van der Waals surface area contributed by atoms with Crippen LogP contribution in [0, 0.1) is 12.8 Å². The van der Waals surface area contributed by atoms with Crippen molar-refractivity contribution in [2.45, 2.75) is 25.8 Å². The van der Waals surface area contributed by atoms with Crippen LogP contribution in [-0.2, 0) is 4.79 Å². The molecule has 1 fully saturated rings. The molecular formula is C17H18N2O5. The molecule has 0 radical (unpaired) electrons. The van der Waals surface area contributed by atoms with Crippen LogP contribution in [0.3, 0.4) is 0 Å². The molecule has 2 heterocycles. The predicted octanol–water partition coefficient (Wildman–Crippen LogP) is 2.35. The highest BCUT2D eigenvalue weighted by molar-refractivity contribution is 5.85. The molecule has 0 aliphatic carbocycles. The molecule has 7 nitrogen and oxygen atoms in total. The highest BCUT2D eigenvalue weighted by atomic mass is 16.4. The fraction of sp³-hybridized carbons (Fsp3) is 0.353. The Bertz CT molecular complexity index is 851. The van der Waals surface area contributed by atoms with Gasteiger partial charge in [-0.3, -0.25) is 9.59 Å². The Kier molecular flexibility index (Phi) is 4.01. The quantitative estimate of drug-likeness (QED) is 0.783. The second-order valence-corrected chi connectivity index (χ2v) is 6.15. The molecule has 1 aliphatic heterocycles. The number of hydrogen-bond donors (Lipinski definition) is 3. The zero-order valence-corrected chi connectivity index (χ0v) is 13.2. The fourth-order valence-electron chi connectivity index (χ4n) is 3.49. The number of aryl methyl sites for hydroxylation is 1. The first kappa shape index (κ1) is 16.0. The van der Waals surface area contributed by atoms with E-state index in [2.05, 4.69) is 4.98 Å². The Labute approximate surface area is 137 Å². The number of aromatic nitrogens is 1. The minimum absolute atomic E-state index is 0.254. The van der Waals surface area contributed by atoms with Crippen LogP contribution in [0.2, 0.25) is 0 Å². The van der Waals surface area contributed by atoms with E-state index in [4.69, 9.17) is 0 Å². The Morgan fingerprint density at radius 1 is 1.25 bits per heavy atom. The van der Waals surface area contributed by atoms with E-state index in [1.807, 2.05) is 19.1 Å². The van der Waals surface area contributed by atoms with Gasteiger partial charge in [0.25, 0.3) is 0 Å². The third-order valence-corrected chi connectivity index (χ3v) is 4.54. The lowest BCUT2D eigenvalue weighted by Gasteiger charge is -2.38. The van der Waals surface area contributed by atoms with Crippen LogP contribution >= 0.6 is 0 Å². The van der Waals surface area contributed by atoms with E-state index in [1.54, 1.807) is 6.07 Å². The van der Waals surface area contributed by atoms with Crippen molar-refractivity contribution in [1.82, 2.24) is 9.88 Å². The van der Waals surface area contributed by atoms with E-state index in [9.17, 15) is 24.6 Å². The molecule has 1 saturated heterocycles. The van der Waals surface area contributed by atoms with E-state index in [-0.39, 0.29) is 12.1 Å². The number of piperidine rings is 1. The van der Waals surface area contributed by atoms with E-state index in [1.165, 1.54) is 6.07 Å². The Morgan fingerprint density at radius 3 is 2.67 bits per heavy atom. The van der Waals surface area contributed by atoms with Crippen molar-refractivity contribution >= 4 is 23.0 Å². The van der Waals surface area contributed by atoms with Crippen molar-refractivity contribution in [3.8, 4) is 0 Å². The molecule has 7 heteroatoms. The number of rotatable bonds is 2. The maximum absolute atomic E-state index is 12.0. The predicted molar refractivity (Wildman–Crippen MR) is 87.1 cm³/mol. The summed E-state index contributed by atoms with van der Waals surface area (Å²) in [5.41, 5.74) is 1.59. The van der Waals surface area contributed by atoms with Crippen LogP contribution in [0.5, 0.6) is 0 Å². The van der Waals surface area contributed by atoms with Gasteiger partial charge in [-0.1, -0.05) is 11.6 Å². The average Bonchev–Trinajstić information content (AvgIpc) is 2.53. The van der Waals surface area contributed by atoms with E-state index in [0.717, 1.165) is 10.5 Å². The van der Waals surface area contributed by atoms with E-state index < -0.39 is 24.0 Å². The second-order valence-electron chi connectivity index (χ2n) is 6.15. The Morgan fingerprint density at radius 2 is 2.00 bits per heavy atom. The number of hydrogen-bond acceptors (Lipinski definition) is 3. The van der Waals surface area contributed by atoms with Gasteiger partial charge in [-0.05, 0) is 37.5 Å². The molecule has 3 N–H and O–H groups in total. The standard InChI is InChI=1S/C17H18N2O5/c1-9-4-5-13-11(7-9)12(8-14(20)18-13)15-10(16(21)22)3-2-6-19(15)17(23)24/h4-5,7-8,10,15H,2-3,6H2,1H3,(H,18,20)(H,21,22)(H,23,24). The summed E-state index contributed by atoms with van der Waals surface area (Å²) in [5, 5.41) is 19.8. The van der Waals surface area contributed by atoms with Crippen molar-refractivity contribution in [1.29, 1.82) is 0 Å². The van der Waals surface area contributed by atoms with Crippen molar-refractivity contribution in [3.63, 3.8) is 0 Å². The maximum Gasteiger partial charge on any atom is 0.407 e. The van der Waals surface area contributed by atoms with Crippen molar-refractivity contribution in [2.24, 2.45) is 5.92 Å². The van der Waals surface area contributed by atoms with Crippen LogP contribution < -0.4 is 5.56 Å². The summed E-state index contributed by atoms with van der Waals surface area (Å²) in [5.74, 6) is -1.92. The highest BCUT2D eigenvalue weighted by Crippen LogP contribution is 2.38. The van der Waals surface area contributed by atoms with Gasteiger partial charge < -0.3 is 20.1 Å². The van der Waals surface area contributed by atoms with Gasteiger partial charge in [-0.15, -0.1) is 0 Å². The Balaban J connectivity index is 2.27. The third kappa shape index (κ3) is 2.73. The monoisotopic (exact) mass is 330 g/mol. The molecule has 1 aromatic carbocycles. The number of likely N-dealkylation sites (tertiary alicyclic amines) is 1. The van der Waals surface area contributed by atoms with Crippen LogP contribution in [0.4, 0.5) is 4.79 Å². The molecule has 0 saturated carbocycles. The second kappa shape index (κ2) is 5.99. The molecule has 1 aromatic heterocycles. The number of H-pyrrole nitrogens is 1. The van der Waals surface area contributed by atoms with Gasteiger partial charge >= 0.3 is 12.1 Å². The number of aromatic amines is 1. The van der Waals surface area contributed by atoms with E-state index >= 15 is 0 Å². The SMILES string of the molecule is Cc1ccc2[nH]c(=O)cc(C3C(C(=O)O)CCCN3C(=O)O)c2c1. The zero-order valence-electron chi connectivity index (χ0n) is 13.2. The van der Waals surface area contributed by atoms with Gasteiger partial charge in [0, 0.05) is 23.5 Å². The first-order valence-electron chi connectivity index (χ1n) is 7.74. The molecule has 2 atom stereocenters. The summed E-state index contributed by atoms with van der Waals surface area (Å²) in [4.78, 5) is 39.2. The molecular weight excluding hydrogens is 312 g/mol. The zero-order chi connectivity index (χ0) is 17.4. The minimum atomic E-state index is -1.17. The van der Waals surface area contributed by atoms with Gasteiger partial charge in [0.05, 0.1) is 12.0 Å². The minimum Gasteiger partial charge on any atom is -0.481 e. The molecule has 3 rings (SSSR count). The van der Waals surface area contributed by atoms with Crippen LogP contribution in [0.15, 0.2) is 29.1 Å².